The molecule has 64 valence electrons. The third-order valence-corrected chi connectivity index (χ3v) is 0.558. The van der Waals surface area contributed by atoms with Gasteiger partial charge in [-0.15, -0.1) is 0 Å². The summed E-state index contributed by atoms with van der Waals surface area (Å²) in [5.74, 6) is 0. The van der Waals surface area contributed by atoms with Gasteiger partial charge in [0.05, 0.1) is 0 Å². The standard InChI is InChI=1S/C4H11N.BF4/c1-2-3-4-5;2-1(3,4)5/h2-5H2,1H3;/q;-1. The van der Waals surface area contributed by atoms with Gasteiger partial charge in [-0.25, -0.2) is 0 Å². The Bertz CT molecular complexity index is 56.8. The highest BCUT2D eigenvalue weighted by Crippen LogP contribution is 2.06. The second-order valence-electron chi connectivity index (χ2n) is 1.64. The first-order valence-corrected chi connectivity index (χ1v) is 2.99. The minimum atomic E-state index is -6.00. The van der Waals surface area contributed by atoms with E-state index in [1.807, 2.05) is 0 Å². The lowest BCUT2D eigenvalue weighted by Crippen LogP contribution is -2.02. The summed E-state index contributed by atoms with van der Waals surface area (Å²) < 4.78 is 39.0. The van der Waals surface area contributed by atoms with Gasteiger partial charge < -0.3 is 23.0 Å². The fourth-order valence-electron chi connectivity index (χ4n) is 0.204. The van der Waals surface area contributed by atoms with E-state index in [-0.39, 0.29) is 0 Å². The van der Waals surface area contributed by atoms with Gasteiger partial charge in [0.1, 0.15) is 0 Å². The molecule has 0 aliphatic carbocycles. The van der Waals surface area contributed by atoms with Gasteiger partial charge in [0, 0.05) is 0 Å². The molecule has 0 unspecified atom stereocenters. The molecule has 0 heterocycles. The van der Waals surface area contributed by atoms with Gasteiger partial charge >= 0.3 is 7.25 Å². The van der Waals surface area contributed by atoms with Crippen LogP contribution in [0.5, 0.6) is 0 Å². The smallest absolute Gasteiger partial charge is 0.418 e. The minimum Gasteiger partial charge on any atom is -0.418 e. The second-order valence-corrected chi connectivity index (χ2v) is 1.64. The van der Waals surface area contributed by atoms with Crippen LogP contribution in [0.2, 0.25) is 0 Å². The molecule has 0 spiro atoms. The molecule has 0 fully saturated rings. The highest BCUT2D eigenvalue weighted by molar-refractivity contribution is 6.50. The molecule has 0 atom stereocenters. The molecule has 10 heavy (non-hydrogen) atoms. The minimum absolute atomic E-state index is 0.844. The Morgan fingerprint density at radius 3 is 1.50 bits per heavy atom. The first-order chi connectivity index (χ1) is 4.41. The zero-order valence-corrected chi connectivity index (χ0v) is 5.79. The van der Waals surface area contributed by atoms with Crippen LogP contribution < -0.4 is 5.73 Å². The molecule has 0 rings (SSSR count). The molecule has 0 aromatic rings. The van der Waals surface area contributed by atoms with E-state index in [9.17, 15) is 17.3 Å². The third-order valence-electron chi connectivity index (χ3n) is 0.558. The number of rotatable bonds is 2. The van der Waals surface area contributed by atoms with Crippen molar-refractivity contribution in [2.45, 2.75) is 19.8 Å². The SMILES string of the molecule is CCCCN.F[B-](F)(F)F. The van der Waals surface area contributed by atoms with Crippen molar-refractivity contribution >= 4 is 7.25 Å². The van der Waals surface area contributed by atoms with E-state index in [4.69, 9.17) is 5.73 Å². The van der Waals surface area contributed by atoms with Gasteiger partial charge in [0.25, 0.3) is 0 Å². The molecule has 6 heteroatoms. The van der Waals surface area contributed by atoms with Crippen LogP contribution in [0.25, 0.3) is 0 Å². The van der Waals surface area contributed by atoms with Crippen molar-refractivity contribution in [1.29, 1.82) is 0 Å². The molecule has 2 N–H and O–H groups in total. The summed E-state index contributed by atoms with van der Waals surface area (Å²) in [5, 5.41) is 0. The van der Waals surface area contributed by atoms with Gasteiger partial charge in [-0.05, 0) is 13.0 Å². The molecule has 0 amide bonds. The molecule has 0 aliphatic rings. The molecule has 0 saturated heterocycles. The Balaban J connectivity index is 0. The normalized spacial score (nSPS) is 10.2. The predicted octanol–water partition coefficient (Wildman–Crippen LogP) is 2.05. The number of hydrogen-bond acceptors (Lipinski definition) is 1. The zero-order chi connectivity index (χ0) is 8.62. The van der Waals surface area contributed by atoms with Gasteiger partial charge in [-0.1, -0.05) is 13.3 Å². The van der Waals surface area contributed by atoms with Gasteiger partial charge in [0.2, 0.25) is 0 Å². The Labute approximate surface area is 57.7 Å². The lowest BCUT2D eigenvalue weighted by molar-refractivity contribution is 0.368. The van der Waals surface area contributed by atoms with E-state index in [0.29, 0.717) is 0 Å². The van der Waals surface area contributed by atoms with Crippen molar-refractivity contribution in [3.8, 4) is 0 Å². The molecule has 0 radical (unpaired) electrons. The molecule has 1 nitrogen and oxygen atoms in total. The number of halogens is 4. The summed E-state index contributed by atoms with van der Waals surface area (Å²) in [4.78, 5) is 0. The van der Waals surface area contributed by atoms with E-state index < -0.39 is 7.25 Å². The van der Waals surface area contributed by atoms with Crippen LogP contribution in [-0.4, -0.2) is 13.8 Å². The number of unbranched alkanes of at least 4 members (excludes halogenated alkanes) is 1. The molecule has 0 aliphatic heterocycles. The van der Waals surface area contributed by atoms with E-state index in [1.54, 1.807) is 0 Å². The number of hydrogen-bond donors (Lipinski definition) is 1. The van der Waals surface area contributed by atoms with E-state index in [1.165, 1.54) is 12.8 Å². The van der Waals surface area contributed by atoms with Crippen LogP contribution in [0, 0.1) is 0 Å². The largest absolute Gasteiger partial charge is 0.673 e. The average molecular weight is 160 g/mol. The van der Waals surface area contributed by atoms with Crippen LogP contribution in [0.15, 0.2) is 0 Å². The van der Waals surface area contributed by atoms with Crippen LogP contribution >= 0.6 is 0 Å². The van der Waals surface area contributed by atoms with Gasteiger partial charge in [0.15, 0.2) is 0 Å². The van der Waals surface area contributed by atoms with E-state index >= 15 is 0 Å². The Kier molecular flexibility index (Phi) is 8.52. The van der Waals surface area contributed by atoms with Crippen LogP contribution in [-0.2, 0) is 0 Å². The average Bonchev–Trinajstić information content (AvgIpc) is 1.63. The van der Waals surface area contributed by atoms with Crippen molar-refractivity contribution in [3.05, 3.63) is 0 Å². The highest BCUT2D eigenvalue weighted by atomic mass is 19.5. The van der Waals surface area contributed by atoms with Gasteiger partial charge in [-0.3, -0.25) is 0 Å². The van der Waals surface area contributed by atoms with Crippen molar-refractivity contribution in [2.24, 2.45) is 5.73 Å². The summed E-state index contributed by atoms with van der Waals surface area (Å²) >= 11 is 0. The van der Waals surface area contributed by atoms with Crippen molar-refractivity contribution in [3.63, 3.8) is 0 Å². The molecule has 0 bridgehead atoms. The topological polar surface area (TPSA) is 26.0 Å². The fourth-order valence-corrected chi connectivity index (χ4v) is 0.204. The molecular weight excluding hydrogens is 149 g/mol. The maximum atomic E-state index is 9.75. The van der Waals surface area contributed by atoms with Crippen molar-refractivity contribution < 1.29 is 17.3 Å². The zero-order valence-electron chi connectivity index (χ0n) is 5.79. The molecule has 0 saturated carbocycles. The predicted molar refractivity (Wildman–Crippen MR) is 34.1 cm³/mol. The first-order valence-electron chi connectivity index (χ1n) is 2.99. The molecule has 0 aromatic heterocycles. The second kappa shape index (κ2) is 6.86. The van der Waals surface area contributed by atoms with Crippen molar-refractivity contribution in [2.75, 3.05) is 6.54 Å². The molecule has 0 aromatic carbocycles. The fraction of sp³-hybridized carbons (Fsp3) is 1.00. The molecular formula is C4H11BF4N-. The monoisotopic (exact) mass is 160 g/mol. The van der Waals surface area contributed by atoms with Crippen LogP contribution in [0.3, 0.4) is 0 Å². The maximum absolute atomic E-state index is 9.75. The van der Waals surface area contributed by atoms with Crippen molar-refractivity contribution in [1.82, 2.24) is 0 Å². The van der Waals surface area contributed by atoms with Crippen LogP contribution in [0.1, 0.15) is 19.8 Å². The summed E-state index contributed by atoms with van der Waals surface area (Å²) in [6.07, 6.45) is 2.39. The summed E-state index contributed by atoms with van der Waals surface area (Å²) in [6, 6.07) is 0. The maximum Gasteiger partial charge on any atom is 0.673 e. The highest BCUT2D eigenvalue weighted by Gasteiger charge is 2.20. The Hall–Kier alpha value is -0.255. The summed E-state index contributed by atoms with van der Waals surface area (Å²) in [5.41, 5.74) is 5.14. The quantitative estimate of drug-likeness (QED) is 0.485. The third kappa shape index (κ3) is 116. The summed E-state index contributed by atoms with van der Waals surface area (Å²) in [6.45, 7) is 2.98. The lowest BCUT2D eigenvalue weighted by atomic mass is 10.3. The Morgan fingerprint density at radius 1 is 1.20 bits per heavy atom. The van der Waals surface area contributed by atoms with Gasteiger partial charge in [-0.2, -0.15) is 0 Å². The summed E-state index contributed by atoms with van der Waals surface area (Å²) in [7, 11) is -6.00. The Morgan fingerprint density at radius 2 is 1.50 bits per heavy atom. The lowest BCUT2D eigenvalue weighted by Gasteiger charge is -1.94. The number of nitrogens with two attached hydrogens (primary N) is 1. The van der Waals surface area contributed by atoms with E-state index in [2.05, 4.69) is 6.92 Å². The van der Waals surface area contributed by atoms with Crippen LogP contribution in [0.4, 0.5) is 17.3 Å². The van der Waals surface area contributed by atoms with E-state index in [0.717, 1.165) is 6.54 Å². The first kappa shape index (κ1) is 12.4.